The van der Waals surface area contributed by atoms with E-state index in [2.05, 4.69) is 10.0 Å². The summed E-state index contributed by atoms with van der Waals surface area (Å²) in [5.41, 5.74) is 0. The molecule has 2 heterocycles. The van der Waals surface area contributed by atoms with E-state index in [0.717, 1.165) is 4.88 Å². The molecule has 0 fully saturated rings. The third-order valence-corrected chi connectivity index (χ3v) is 4.86. The van der Waals surface area contributed by atoms with Crippen LogP contribution < -0.4 is 10.0 Å². The monoisotopic (exact) mass is 328 g/mol. The highest BCUT2D eigenvalue weighted by Gasteiger charge is 2.12. The molecule has 0 aliphatic carbocycles. The summed E-state index contributed by atoms with van der Waals surface area (Å²) in [4.78, 5) is 12.6. The number of carbonyl (C=O) groups excluding carboxylic acids is 1. The van der Waals surface area contributed by atoms with E-state index in [1.54, 1.807) is 12.1 Å². The molecule has 0 aliphatic rings. The maximum Gasteiger partial charge on any atom is 0.225 e. The number of amides is 1. The van der Waals surface area contributed by atoms with Crippen molar-refractivity contribution in [3.63, 3.8) is 0 Å². The summed E-state index contributed by atoms with van der Waals surface area (Å²) in [6.07, 6.45) is 1.76. The van der Waals surface area contributed by atoms with E-state index in [0.29, 0.717) is 5.76 Å². The lowest BCUT2D eigenvalue weighted by molar-refractivity contribution is -0.120. The Balaban J connectivity index is 1.68. The average molecular weight is 328 g/mol. The third-order valence-electron chi connectivity index (χ3n) is 2.65. The number of nitrogens with one attached hydrogen (secondary N) is 2. The van der Waals surface area contributed by atoms with Crippen molar-refractivity contribution in [1.29, 1.82) is 0 Å². The average Bonchev–Trinajstić information content (AvgIpc) is 3.09. The molecule has 2 aromatic rings. The van der Waals surface area contributed by atoms with Gasteiger partial charge in [-0.3, -0.25) is 4.79 Å². The predicted octanol–water partition coefficient (Wildman–Crippen LogP) is 1.12. The number of hydrogen-bond acceptors (Lipinski definition) is 5. The van der Waals surface area contributed by atoms with Crippen molar-refractivity contribution in [2.75, 3.05) is 12.3 Å². The summed E-state index contributed by atoms with van der Waals surface area (Å²) in [6.45, 7) is 0.191. The molecule has 21 heavy (non-hydrogen) atoms. The van der Waals surface area contributed by atoms with Crippen LogP contribution in [0.2, 0.25) is 0 Å². The summed E-state index contributed by atoms with van der Waals surface area (Å²) in [5, 5.41) is 4.49. The molecule has 2 rings (SSSR count). The van der Waals surface area contributed by atoms with Crippen molar-refractivity contribution < 1.29 is 17.6 Å². The predicted molar refractivity (Wildman–Crippen MR) is 80.4 cm³/mol. The molecule has 0 aliphatic heterocycles. The Hall–Kier alpha value is -1.64. The van der Waals surface area contributed by atoms with Gasteiger partial charge in [0.05, 0.1) is 25.0 Å². The van der Waals surface area contributed by atoms with Gasteiger partial charge in [0.15, 0.2) is 0 Å². The highest BCUT2D eigenvalue weighted by atomic mass is 32.2. The lowest BCUT2D eigenvalue weighted by Crippen LogP contribution is -2.34. The van der Waals surface area contributed by atoms with Crippen LogP contribution in [0, 0.1) is 0 Å². The zero-order valence-electron chi connectivity index (χ0n) is 11.2. The molecule has 0 bridgehead atoms. The highest BCUT2D eigenvalue weighted by Crippen LogP contribution is 2.08. The van der Waals surface area contributed by atoms with E-state index in [1.165, 1.54) is 17.6 Å². The molecule has 0 unspecified atom stereocenters. The van der Waals surface area contributed by atoms with E-state index in [-0.39, 0.29) is 31.2 Å². The smallest absolute Gasteiger partial charge is 0.225 e. The van der Waals surface area contributed by atoms with Crippen LogP contribution in [0.4, 0.5) is 0 Å². The zero-order chi connectivity index (χ0) is 15.1. The first-order chi connectivity index (χ1) is 10.1. The van der Waals surface area contributed by atoms with Crippen LogP contribution >= 0.6 is 11.3 Å². The lowest BCUT2D eigenvalue weighted by atomic mass is 10.3. The SMILES string of the molecule is O=C(Cc1cccs1)NCCS(=O)(=O)NCc1ccco1. The molecule has 0 saturated carbocycles. The van der Waals surface area contributed by atoms with Crippen LogP contribution in [0.15, 0.2) is 40.3 Å². The molecule has 0 saturated heterocycles. The largest absolute Gasteiger partial charge is 0.468 e. The van der Waals surface area contributed by atoms with Crippen molar-refractivity contribution in [1.82, 2.24) is 10.0 Å². The van der Waals surface area contributed by atoms with Gasteiger partial charge >= 0.3 is 0 Å². The lowest BCUT2D eigenvalue weighted by Gasteiger charge is -2.06. The molecule has 0 atom stereocenters. The third kappa shape index (κ3) is 5.70. The van der Waals surface area contributed by atoms with Gasteiger partial charge in [-0.25, -0.2) is 13.1 Å². The molecular weight excluding hydrogens is 312 g/mol. The summed E-state index contributed by atoms with van der Waals surface area (Å²) >= 11 is 1.50. The van der Waals surface area contributed by atoms with E-state index < -0.39 is 10.0 Å². The Labute approximate surface area is 127 Å². The quantitative estimate of drug-likeness (QED) is 0.760. The fourth-order valence-electron chi connectivity index (χ4n) is 1.63. The maximum atomic E-state index is 11.7. The Morgan fingerprint density at radius 1 is 1.29 bits per heavy atom. The Kier molecular flexibility index (Phi) is 5.54. The van der Waals surface area contributed by atoms with Crippen LogP contribution in [-0.2, 0) is 27.8 Å². The number of rotatable bonds is 8. The fraction of sp³-hybridized carbons (Fsp3) is 0.308. The molecule has 114 valence electrons. The Morgan fingerprint density at radius 2 is 2.14 bits per heavy atom. The highest BCUT2D eigenvalue weighted by molar-refractivity contribution is 7.89. The number of carbonyl (C=O) groups is 1. The minimum Gasteiger partial charge on any atom is -0.468 e. The summed E-state index contributed by atoms with van der Waals surface area (Å²) in [6, 6.07) is 7.11. The van der Waals surface area contributed by atoms with Crippen LogP contribution in [0.1, 0.15) is 10.6 Å². The van der Waals surface area contributed by atoms with Gasteiger partial charge in [-0.05, 0) is 23.6 Å². The van der Waals surface area contributed by atoms with E-state index in [4.69, 9.17) is 4.42 Å². The van der Waals surface area contributed by atoms with Gasteiger partial charge in [0.2, 0.25) is 15.9 Å². The van der Waals surface area contributed by atoms with Crippen LogP contribution in [0.3, 0.4) is 0 Å². The summed E-state index contributed by atoms with van der Waals surface area (Å²) in [7, 11) is -3.44. The van der Waals surface area contributed by atoms with Crippen LogP contribution in [0.25, 0.3) is 0 Å². The van der Waals surface area contributed by atoms with Gasteiger partial charge in [0.25, 0.3) is 0 Å². The second kappa shape index (κ2) is 7.39. The van der Waals surface area contributed by atoms with Crippen molar-refractivity contribution in [2.24, 2.45) is 0 Å². The molecule has 8 heteroatoms. The number of furan rings is 1. The van der Waals surface area contributed by atoms with Crippen molar-refractivity contribution in [3.05, 3.63) is 46.5 Å². The first kappa shape index (κ1) is 15.7. The van der Waals surface area contributed by atoms with Gasteiger partial charge in [0.1, 0.15) is 5.76 Å². The molecule has 0 aromatic carbocycles. The summed E-state index contributed by atoms with van der Waals surface area (Å²) in [5.74, 6) is 0.197. The molecule has 2 N–H and O–H groups in total. The second-order valence-electron chi connectivity index (χ2n) is 4.33. The van der Waals surface area contributed by atoms with Gasteiger partial charge in [-0.1, -0.05) is 6.07 Å². The van der Waals surface area contributed by atoms with Gasteiger partial charge < -0.3 is 9.73 Å². The van der Waals surface area contributed by atoms with Crippen molar-refractivity contribution >= 4 is 27.3 Å². The zero-order valence-corrected chi connectivity index (χ0v) is 12.9. The summed E-state index contributed by atoms with van der Waals surface area (Å²) < 4.78 is 30.9. The van der Waals surface area contributed by atoms with Gasteiger partial charge in [0, 0.05) is 11.4 Å². The topological polar surface area (TPSA) is 88.4 Å². The van der Waals surface area contributed by atoms with Crippen LogP contribution in [0.5, 0.6) is 0 Å². The fourth-order valence-corrected chi connectivity index (χ4v) is 3.21. The minimum absolute atomic E-state index is 0.0810. The normalized spacial score (nSPS) is 11.4. The number of hydrogen-bond donors (Lipinski definition) is 2. The second-order valence-corrected chi connectivity index (χ2v) is 7.28. The number of sulfonamides is 1. The van der Waals surface area contributed by atoms with E-state index >= 15 is 0 Å². The Morgan fingerprint density at radius 3 is 2.81 bits per heavy atom. The maximum absolute atomic E-state index is 11.7. The molecule has 0 radical (unpaired) electrons. The van der Waals surface area contributed by atoms with Crippen molar-refractivity contribution in [3.8, 4) is 0 Å². The molecule has 0 spiro atoms. The minimum atomic E-state index is -3.44. The first-order valence-electron chi connectivity index (χ1n) is 6.34. The van der Waals surface area contributed by atoms with Crippen LogP contribution in [-0.4, -0.2) is 26.6 Å². The van der Waals surface area contributed by atoms with Gasteiger partial charge in [-0.2, -0.15) is 0 Å². The molecular formula is C13H16N2O4S2. The van der Waals surface area contributed by atoms with Crippen molar-refractivity contribution in [2.45, 2.75) is 13.0 Å². The van der Waals surface area contributed by atoms with E-state index in [9.17, 15) is 13.2 Å². The molecule has 6 nitrogen and oxygen atoms in total. The first-order valence-corrected chi connectivity index (χ1v) is 8.87. The molecule has 2 aromatic heterocycles. The Bertz CT molecular complexity index is 648. The molecule has 1 amide bonds. The standard InChI is InChI=1S/C13H16N2O4S2/c16-13(9-12-4-2-7-20-12)14-5-8-21(17,18)15-10-11-3-1-6-19-11/h1-4,6-7,15H,5,8-10H2,(H,14,16). The van der Waals surface area contributed by atoms with Gasteiger partial charge in [-0.15, -0.1) is 11.3 Å². The number of thiophene rings is 1. The van der Waals surface area contributed by atoms with E-state index in [1.807, 2.05) is 17.5 Å².